The van der Waals surface area contributed by atoms with Gasteiger partial charge in [0.2, 0.25) is 0 Å². The van der Waals surface area contributed by atoms with Crippen molar-refractivity contribution in [1.82, 2.24) is 19.2 Å². The quantitative estimate of drug-likeness (QED) is 0.531. The molecule has 4 aromatic rings. The van der Waals surface area contributed by atoms with Crippen molar-refractivity contribution in [2.75, 3.05) is 0 Å². The molecule has 5 heteroatoms. The third-order valence-corrected chi connectivity index (χ3v) is 5.93. The van der Waals surface area contributed by atoms with E-state index in [-0.39, 0.29) is 11.6 Å². The van der Waals surface area contributed by atoms with E-state index in [1.54, 1.807) is 10.7 Å². The molecule has 1 aliphatic carbocycles. The highest BCUT2D eigenvalue weighted by atomic mass is 16.1. The zero-order chi connectivity index (χ0) is 18.4. The van der Waals surface area contributed by atoms with Crippen molar-refractivity contribution in [3.05, 3.63) is 65.3 Å². The van der Waals surface area contributed by atoms with Gasteiger partial charge in [0.1, 0.15) is 0 Å². The van der Waals surface area contributed by atoms with Crippen molar-refractivity contribution in [3.8, 4) is 11.1 Å². The van der Waals surface area contributed by atoms with Gasteiger partial charge in [-0.15, -0.1) is 0 Å². The normalized spacial score (nSPS) is 20.3. The van der Waals surface area contributed by atoms with Crippen molar-refractivity contribution < 1.29 is 0 Å². The van der Waals surface area contributed by atoms with E-state index in [0.29, 0.717) is 11.3 Å². The van der Waals surface area contributed by atoms with Gasteiger partial charge in [0.15, 0.2) is 5.65 Å². The number of hydrogen-bond donors (Lipinski definition) is 0. The number of hydrogen-bond acceptors (Lipinski definition) is 3. The molecule has 0 bridgehead atoms. The Bertz CT molecular complexity index is 1180. The minimum absolute atomic E-state index is 0.0393. The Kier molecular flexibility index (Phi) is 3.81. The summed E-state index contributed by atoms with van der Waals surface area (Å²) in [7, 11) is 0. The Morgan fingerprint density at radius 1 is 1.04 bits per heavy atom. The highest BCUT2D eigenvalue weighted by Crippen LogP contribution is 2.33. The highest BCUT2D eigenvalue weighted by Gasteiger charge is 2.24. The van der Waals surface area contributed by atoms with Gasteiger partial charge < -0.3 is 4.57 Å². The van der Waals surface area contributed by atoms with E-state index in [1.165, 1.54) is 19.3 Å². The van der Waals surface area contributed by atoms with Crippen LogP contribution in [0.25, 0.3) is 27.7 Å². The summed E-state index contributed by atoms with van der Waals surface area (Å²) in [5.41, 5.74) is 3.67. The van der Waals surface area contributed by atoms with Crippen molar-refractivity contribution in [2.24, 2.45) is 5.92 Å². The van der Waals surface area contributed by atoms with Crippen LogP contribution in [-0.4, -0.2) is 19.2 Å². The van der Waals surface area contributed by atoms with E-state index in [1.807, 2.05) is 53.4 Å². The zero-order valence-corrected chi connectivity index (χ0v) is 15.4. The molecule has 1 fully saturated rings. The summed E-state index contributed by atoms with van der Waals surface area (Å²) in [6.45, 7) is 2.25. The first-order chi connectivity index (χ1) is 13.2. The summed E-state index contributed by atoms with van der Waals surface area (Å²) >= 11 is 0. The second-order valence-corrected chi connectivity index (χ2v) is 7.57. The van der Waals surface area contributed by atoms with Crippen molar-refractivity contribution >= 4 is 16.6 Å². The van der Waals surface area contributed by atoms with Crippen LogP contribution in [0.4, 0.5) is 0 Å². The fraction of sp³-hybridized carbons (Fsp3) is 0.318. The van der Waals surface area contributed by atoms with Gasteiger partial charge in [-0.1, -0.05) is 50.1 Å². The molecule has 3 aromatic heterocycles. The SMILES string of the molecule is C[C@H]1CCCC[C@@H]1n1ccc2c(cnc3c(-c4ccccc4)cnn32)c1=O. The third-order valence-electron chi connectivity index (χ3n) is 5.93. The predicted octanol–water partition coefficient (Wildman–Crippen LogP) is 4.46. The van der Waals surface area contributed by atoms with Crippen LogP contribution in [0.2, 0.25) is 0 Å². The maximum atomic E-state index is 13.2. The number of nitrogens with zero attached hydrogens (tertiary/aromatic N) is 4. The lowest BCUT2D eigenvalue weighted by Gasteiger charge is -2.30. The van der Waals surface area contributed by atoms with E-state index in [4.69, 9.17) is 0 Å². The number of rotatable bonds is 2. The number of pyridine rings is 1. The molecule has 27 heavy (non-hydrogen) atoms. The third kappa shape index (κ3) is 2.57. The molecule has 1 saturated carbocycles. The van der Waals surface area contributed by atoms with Crippen LogP contribution in [0.3, 0.4) is 0 Å². The first kappa shape index (κ1) is 16.2. The van der Waals surface area contributed by atoms with Crippen LogP contribution in [0.15, 0.2) is 59.8 Å². The van der Waals surface area contributed by atoms with Crippen LogP contribution < -0.4 is 5.56 Å². The lowest BCUT2D eigenvalue weighted by molar-refractivity contribution is 0.253. The monoisotopic (exact) mass is 358 g/mol. The molecule has 1 aromatic carbocycles. The molecule has 5 rings (SSSR count). The van der Waals surface area contributed by atoms with E-state index in [9.17, 15) is 4.79 Å². The minimum atomic E-state index is 0.0393. The van der Waals surface area contributed by atoms with Gasteiger partial charge in [-0.05, 0) is 30.4 Å². The van der Waals surface area contributed by atoms with Crippen LogP contribution in [0.5, 0.6) is 0 Å². The summed E-state index contributed by atoms with van der Waals surface area (Å²) < 4.78 is 3.70. The smallest absolute Gasteiger partial charge is 0.261 e. The van der Waals surface area contributed by atoms with Crippen molar-refractivity contribution in [3.63, 3.8) is 0 Å². The van der Waals surface area contributed by atoms with Gasteiger partial charge >= 0.3 is 0 Å². The van der Waals surface area contributed by atoms with Crippen LogP contribution in [0.1, 0.15) is 38.6 Å². The summed E-state index contributed by atoms with van der Waals surface area (Å²) in [5.74, 6) is 0.528. The molecule has 0 radical (unpaired) electrons. The largest absolute Gasteiger partial charge is 0.312 e. The standard InChI is InChI=1S/C22H22N4O/c1-15-7-5-6-10-19(15)25-12-11-20-18(22(25)27)13-23-21-17(14-24-26(20)21)16-8-3-2-4-9-16/h2-4,8-9,11-15,19H,5-7,10H2,1H3/t15-,19-/m0/s1. The molecule has 3 heterocycles. The Balaban J connectivity index is 1.68. The maximum absolute atomic E-state index is 13.2. The Morgan fingerprint density at radius 2 is 1.85 bits per heavy atom. The molecule has 0 amide bonds. The highest BCUT2D eigenvalue weighted by molar-refractivity contribution is 5.84. The number of aromatic nitrogens is 4. The average molecular weight is 358 g/mol. The molecule has 136 valence electrons. The summed E-state index contributed by atoms with van der Waals surface area (Å²) in [5, 5.41) is 5.16. The van der Waals surface area contributed by atoms with Crippen LogP contribution in [-0.2, 0) is 0 Å². The maximum Gasteiger partial charge on any atom is 0.261 e. The van der Waals surface area contributed by atoms with Crippen LogP contribution >= 0.6 is 0 Å². The van der Waals surface area contributed by atoms with Crippen LogP contribution in [0, 0.1) is 5.92 Å². The molecule has 0 unspecified atom stereocenters. The van der Waals surface area contributed by atoms with E-state index in [2.05, 4.69) is 17.0 Å². The first-order valence-electron chi connectivity index (χ1n) is 9.67. The van der Waals surface area contributed by atoms with E-state index >= 15 is 0 Å². The summed E-state index contributed by atoms with van der Waals surface area (Å²) in [6.07, 6.45) is 10.2. The molecule has 1 aliphatic rings. The lowest BCUT2D eigenvalue weighted by Crippen LogP contribution is -2.30. The molecule has 0 aliphatic heterocycles. The zero-order valence-electron chi connectivity index (χ0n) is 15.4. The van der Waals surface area contributed by atoms with Gasteiger partial charge in [0.05, 0.1) is 17.1 Å². The number of fused-ring (bicyclic) bond motifs is 3. The first-order valence-corrected chi connectivity index (χ1v) is 9.67. The Morgan fingerprint density at radius 3 is 2.67 bits per heavy atom. The minimum Gasteiger partial charge on any atom is -0.312 e. The molecular formula is C22H22N4O. The fourth-order valence-electron chi connectivity index (χ4n) is 4.42. The topological polar surface area (TPSA) is 52.2 Å². The second-order valence-electron chi connectivity index (χ2n) is 7.57. The summed E-state index contributed by atoms with van der Waals surface area (Å²) in [6, 6.07) is 12.4. The molecule has 5 nitrogen and oxygen atoms in total. The average Bonchev–Trinajstić information content (AvgIpc) is 3.14. The fourth-order valence-corrected chi connectivity index (χ4v) is 4.42. The van der Waals surface area contributed by atoms with E-state index < -0.39 is 0 Å². The molecule has 0 N–H and O–H groups in total. The molecule has 0 saturated heterocycles. The molecule has 0 spiro atoms. The molecular weight excluding hydrogens is 336 g/mol. The molecule has 2 atom stereocenters. The van der Waals surface area contributed by atoms with E-state index in [0.717, 1.165) is 28.7 Å². The Labute approximate surface area is 157 Å². The van der Waals surface area contributed by atoms with Crippen molar-refractivity contribution in [1.29, 1.82) is 0 Å². The van der Waals surface area contributed by atoms with Gasteiger partial charge in [0.25, 0.3) is 5.56 Å². The van der Waals surface area contributed by atoms with Gasteiger partial charge in [0, 0.05) is 24.0 Å². The second kappa shape index (κ2) is 6.34. The van der Waals surface area contributed by atoms with Gasteiger partial charge in [-0.2, -0.15) is 5.10 Å². The van der Waals surface area contributed by atoms with Crippen molar-refractivity contribution in [2.45, 2.75) is 38.6 Å². The number of benzene rings is 1. The Hall–Kier alpha value is -2.95. The van der Waals surface area contributed by atoms with Gasteiger partial charge in [-0.3, -0.25) is 4.79 Å². The lowest BCUT2D eigenvalue weighted by atomic mass is 9.85. The van der Waals surface area contributed by atoms with Gasteiger partial charge in [-0.25, -0.2) is 9.50 Å². The predicted molar refractivity (Wildman–Crippen MR) is 107 cm³/mol. The summed E-state index contributed by atoms with van der Waals surface area (Å²) in [4.78, 5) is 17.8.